The van der Waals surface area contributed by atoms with Crippen LogP contribution in [0, 0.1) is 0 Å². The third-order valence-electron chi connectivity index (χ3n) is 4.85. The van der Waals surface area contributed by atoms with Gasteiger partial charge in [0.15, 0.2) is 6.61 Å². The molecule has 0 radical (unpaired) electrons. The third-order valence-corrected chi connectivity index (χ3v) is 6.25. The van der Waals surface area contributed by atoms with Crippen LogP contribution in [0.4, 0.5) is 0 Å². The maximum Gasteiger partial charge on any atom is 0.338 e. The monoisotopic (exact) mass is 420 g/mol. The molecule has 0 bridgehead atoms. The Kier molecular flexibility index (Phi) is 6.71. The van der Waals surface area contributed by atoms with E-state index in [1.54, 1.807) is 17.0 Å². The van der Waals surface area contributed by atoms with Gasteiger partial charge in [0, 0.05) is 12.6 Å². The highest BCUT2D eigenvalue weighted by molar-refractivity contribution is 7.89. The molecule has 8 nitrogen and oxygen atoms in total. The summed E-state index contributed by atoms with van der Waals surface area (Å²) < 4.78 is 37.5. The second-order valence-corrected chi connectivity index (χ2v) is 8.71. The molecule has 1 aliphatic rings. The van der Waals surface area contributed by atoms with Crippen molar-refractivity contribution in [1.29, 1.82) is 0 Å². The molecule has 3 rings (SSSR count). The number of carbonyl (C=O) groups is 2. The van der Waals surface area contributed by atoms with Crippen molar-refractivity contribution in [2.45, 2.75) is 43.7 Å². The van der Waals surface area contributed by atoms with Gasteiger partial charge in [-0.3, -0.25) is 4.79 Å². The molecular formula is C20H24N2O6S. The molecule has 2 heterocycles. The van der Waals surface area contributed by atoms with Crippen molar-refractivity contribution in [3.05, 3.63) is 54.0 Å². The highest BCUT2D eigenvalue weighted by Crippen LogP contribution is 2.17. The number of benzene rings is 1. The van der Waals surface area contributed by atoms with Crippen molar-refractivity contribution < 1.29 is 27.2 Å². The van der Waals surface area contributed by atoms with Crippen molar-refractivity contribution in [3.8, 4) is 0 Å². The van der Waals surface area contributed by atoms with E-state index in [9.17, 15) is 18.0 Å². The molecule has 9 heteroatoms. The smallest absolute Gasteiger partial charge is 0.338 e. The lowest BCUT2D eigenvalue weighted by Crippen LogP contribution is -2.44. The molecule has 1 aromatic heterocycles. The van der Waals surface area contributed by atoms with Gasteiger partial charge in [0.1, 0.15) is 5.76 Å². The van der Waals surface area contributed by atoms with Crippen LogP contribution in [0.15, 0.2) is 52.0 Å². The van der Waals surface area contributed by atoms with Crippen LogP contribution in [0.1, 0.15) is 42.3 Å². The van der Waals surface area contributed by atoms with Crippen LogP contribution in [-0.4, -0.2) is 44.4 Å². The van der Waals surface area contributed by atoms with Crippen LogP contribution in [-0.2, 0) is 26.1 Å². The van der Waals surface area contributed by atoms with Crippen LogP contribution in [0.3, 0.4) is 0 Å². The van der Waals surface area contributed by atoms with Gasteiger partial charge in [-0.25, -0.2) is 17.9 Å². The summed E-state index contributed by atoms with van der Waals surface area (Å²) in [4.78, 5) is 26.3. The lowest BCUT2D eigenvalue weighted by atomic mass is 10.0. The first-order valence-electron chi connectivity index (χ1n) is 9.45. The lowest BCUT2D eigenvalue weighted by Gasteiger charge is -2.33. The topological polar surface area (TPSA) is 106 Å². The molecule has 0 aliphatic carbocycles. The summed E-state index contributed by atoms with van der Waals surface area (Å²) in [7, 11) is -3.84. The van der Waals surface area contributed by atoms with E-state index in [0.717, 1.165) is 19.3 Å². The highest BCUT2D eigenvalue weighted by Gasteiger charge is 2.24. The number of amides is 1. The van der Waals surface area contributed by atoms with E-state index in [2.05, 4.69) is 4.72 Å². The van der Waals surface area contributed by atoms with Gasteiger partial charge in [-0.05, 0) is 56.5 Å². The van der Waals surface area contributed by atoms with E-state index in [-0.39, 0.29) is 35.6 Å². The normalized spacial score (nSPS) is 17.1. The van der Waals surface area contributed by atoms with Crippen LogP contribution >= 0.6 is 0 Å². The first-order chi connectivity index (χ1) is 13.9. The molecule has 0 spiro atoms. The van der Waals surface area contributed by atoms with Gasteiger partial charge in [-0.15, -0.1) is 0 Å². The number of rotatable bonds is 7. The highest BCUT2D eigenvalue weighted by atomic mass is 32.2. The van der Waals surface area contributed by atoms with Gasteiger partial charge in [0.2, 0.25) is 10.0 Å². The number of piperidine rings is 1. The zero-order valence-electron chi connectivity index (χ0n) is 16.2. The molecule has 1 aromatic carbocycles. The number of hydrogen-bond donors (Lipinski definition) is 1. The molecule has 1 saturated heterocycles. The van der Waals surface area contributed by atoms with Crippen molar-refractivity contribution in [1.82, 2.24) is 9.62 Å². The van der Waals surface area contributed by atoms with Gasteiger partial charge in [-0.2, -0.15) is 0 Å². The van der Waals surface area contributed by atoms with Gasteiger partial charge < -0.3 is 14.1 Å². The SMILES string of the molecule is C[C@H]1CCCCN1C(=O)COC(=O)c1cccc(S(=O)(=O)NCc2ccco2)c1. The van der Waals surface area contributed by atoms with E-state index >= 15 is 0 Å². The Morgan fingerprint density at radius 3 is 2.79 bits per heavy atom. The molecule has 1 amide bonds. The number of furan rings is 1. The fourth-order valence-corrected chi connectivity index (χ4v) is 4.25. The molecule has 1 aliphatic heterocycles. The third kappa shape index (κ3) is 5.45. The second-order valence-electron chi connectivity index (χ2n) is 6.94. The van der Waals surface area contributed by atoms with E-state index in [4.69, 9.17) is 9.15 Å². The number of hydrogen-bond acceptors (Lipinski definition) is 6. The predicted octanol–water partition coefficient (Wildman–Crippen LogP) is 2.32. The molecule has 1 atom stereocenters. The van der Waals surface area contributed by atoms with E-state index in [1.165, 1.54) is 30.5 Å². The maximum absolute atomic E-state index is 12.4. The molecule has 1 fully saturated rings. The molecule has 2 aromatic rings. The van der Waals surface area contributed by atoms with E-state index < -0.39 is 16.0 Å². The number of ether oxygens (including phenoxy) is 1. The first-order valence-corrected chi connectivity index (χ1v) is 10.9. The van der Waals surface area contributed by atoms with Crippen molar-refractivity contribution in [2.75, 3.05) is 13.2 Å². The maximum atomic E-state index is 12.4. The number of likely N-dealkylation sites (tertiary alicyclic amines) is 1. The molecule has 0 saturated carbocycles. The largest absolute Gasteiger partial charge is 0.468 e. The van der Waals surface area contributed by atoms with E-state index in [1.807, 2.05) is 6.92 Å². The lowest BCUT2D eigenvalue weighted by molar-refractivity contribution is -0.137. The number of sulfonamides is 1. The Bertz CT molecular complexity index is 955. The molecule has 29 heavy (non-hydrogen) atoms. The van der Waals surface area contributed by atoms with Crippen molar-refractivity contribution >= 4 is 21.9 Å². The van der Waals surface area contributed by atoms with Gasteiger partial charge in [0.05, 0.1) is 23.3 Å². The Hall–Kier alpha value is -2.65. The molecule has 156 valence electrons. The van der Waals surface area contributed by atoms with Crippen molar-refractivity contribution in [2.24, 2.45) is 0 Å². The van der Waals surface area contributed by atoms with Crippen LogP contribution < -0.4 is 4.72 Å². The quantitative estimate of drug-likeness (QED) is 0.689. The van der Waals surface area contributed by atoms with Crippen LogP contribution in [0.25, 0.3) is 0 Å². The predicted molar refractivity (Wildman–Crippen MR) is 104 cm³/mol. The number of esters is 1. The molecular weight excluding hydrogens is 396 g/mol. The summed E-state index contributed by atoms with van der Waals surface area (Å²) in [5, 5.41) is 0. The number of nitrogens with one attached hydrogen (secondary N) is 1. The number of carbonyl (C=O) groups excluding carboxylic acids is 2. The first kappa shape index (κ1) is 21.1. The van der Waals surface area contributed by atoms with Gasteiger partial charge in [0.25, 0.3) is 5.91 Å². The summed E-state index contributed by atoms with van der Waals surface area (Å²) in [5.41, 5.74) is 0.0605. The minimum atomic E-state index is -3.84. The summed E-state index contributed by atoms with van der Waals surface area (Å²) in [6.45, 7) is 2.26. The number of nitrogens with zero attached hydrogens (tertiary/aromatic N) is 1. The van der Waals surface area contributed by atoms with Crippen molar-refractivity contribution in [3.63, 3.8) is 0 Å². The Morgan fingerprint density at radius 1 is 1.24 bits per heavy atom. The summed E-state index contributed by atoms with van der Waals surface area (Å²) in [6, 6.07) is 8.93. The zero-order valence-corrected chi connectivity index (χ0v) is 17.0. The van der Waals surface area contributed by atoms with E-state index in [0.29, 0.717) is 12.3 Å². The minimum absolute atomic E-state index is 0.00741. The Morgan fingerprint density at radius 2 is 2.07 bits per heavy atom. The average Bonchev–Trinajstić information content (AvgIpc) is 3.24. The summed E-state index contributed by atoms with van der Waals surface area (Å²) >= 11 is 0. The Labute approximate surface area is 169 Å². The molecule has 0 unspecified atom stereocenters. The fourth-order valence-electron chi connectivity index (χ4n) is 3.22. The standard InChI is InChI=1S/C20H24N2O6S/c1-15-6-2-3-10-22(15)19(23)14-28-20(24)16-7-4-9-18(12-16)29(25,26)21-13-17-8-5-11-27-17/h4-5,7-9,11-12,15,21H,2-3,6,10,13-14H2,1H3/t15-/m0/s1. The fraction of sp³-hybridized carbons (Fsp3) is 0.400. The van der Waals surface area contributed by atoms with Gasteiger partial charge >= 0.3 is 5.97 Å². The second kappa shape index (κ2) is 9.23. The average molecular weight is 420 g/mol. The molecule has 1 N–H and O–H groups in total. The van der Waals surface area contributed by atoms with Crippen LogP contribution in [0.5, 0.6) is 0 Å². The summed E-state index contributed by atoms with van der Waals surface area (Å²) in [6.07, 6.45) is 4.41. The zero-order chi connectivity index (χ0) is 20.9. The minimum Gasteiger partial charge on any atom is -0.468 e. The summed E-state index contributed by atoms with van der Waals surface area (Å²) in [5.74, 6) is -0.518. The van der Waals surface area contributed by atoms with Crippen LogP contribution in [0.2, 0.25) is 0 Å². The Balaban J connectivity index is 1.60. The van der Waals surface area contributed by atoms with Gasteiger partial charge in [-0.1, -0.05) is 6.07 Å².